The topological polar surface area (TPSA) is 66.9 Å². The highest BCUT2D eigenvalue weighted by Crippen LogP contribution is 2.20. The van der Waals surface area contributed by atoms with Crippen LogP contribution in [0.4, 0.5) is 5.69 Å². The van der Waals surface area contributed by atoms with Gasteiger partial charge in [0.1, 0.15) is 0 Å². The summed E-state index contributed by atoms with van der Waals surface area (Å²) < 4.78 is 0. The Hall–Kier alpha value is -5.29. The first-order valence-corrected chi connectivity index (χ1v) is 14.2. The van der Waals surface area contributed by atoms with E-state index < -0.39 is 0 Å². The van der Waals surface area contributed by atoms with Gasteiger partial charge in [0.2, 0.25) is 0 Å². The average molecular weight is 549 g/mol. The van der Waals surface area contributed by atoms with E-state index in [1.165, 1.54) is 16.7 Å². The molecule has 2 aromatic heterocycles. The molecular weight excluding hydrogens is 516 g/mol. The number of allylic oxidation sites excluding steroid dienone is 2. The summed E-state index contributed by atoms with van der Waals surface area (Å²) in [4.78, 5) is 22.2. The van der Waals surface area contributed by atoms with Gasteiger partial charge in [0.05, 0.1) is 17.6 Å². The third-order valence-corrected chi connectivity index (χ3v) is 7.48. The Morgan fingerprint density at radius 1 is 0.833 bits per heavy atom. The van der Waals surface area contributed by atoms with Crippen LogP contribution in [0.2, 0.25) is 0 Å². The van der Waals surface area contributed by atoms with Gasteiger partial charge in [0, 0.05) is 46.5 Å². The van der Waals surface area contributed by atoms with E-state index in [1.807, 2.05) is 79.1 Å². The zero-order valence-electron chi connectivity index (χ0n) is 23.5. The molecule has 206 valence electrons. The van der Waals surface area contributed by atoms with E-state index in [-0.39, 0.29) is 5.91 Å². The van der Waals surface area contributed by atoms with Gasteiger partial charge in [-0.1, -0.05) is 72.8 Å². The number of para-hydroxylation sites is 1. The van der Waals surface area contributed by atoms with E-state index in [0.29, 0.717) is 12.1 Å². The van der Waals surface area contributed by atoms with Crippen molar-refractivity contribution in [2.45, 2.75) is 26.3 Å². The van der Waals surface area contributed by atoms with Crippen LogP contribution in [0.25, 0.3) is 22.8 Å². The second-order valence-corrected chi connectivity index (χ2v) is 10.4. The minimum absolute atomic E-state index is 0.132. The number of nitrogens with zero attached hydrogens (tertiary/aromatic N) is 2. The third kappa shape index (κ3) is 6.37. The minimum Gasteiger partial charge on any atom is -0.382 e. The van der Waals surface area contributed by atoms with Gasteiger partial charge in [-0.25, -0.2) is 0 Å². The number of carbonyl (C=O) groups excluding carboxylic acids is 1. The van der Waals surface area contributed by atoms with E-state index in [2.05, 4.69) is 71.1 Å². The van der Waals surface area contributed by atoms with Crippen molar-refractivity contribution in [2.24, 2.45) is 0 Å². The summed E-state index contributed by atoms with van der Waals surface area (Å²) in [5, 5.41) is 8.67. The molecule has 1 aliphatic carbocycles. The molecule has 0 aliphatic heterocycles. The van der Waals surface area contributed by atoms with Gasteiger partial charge in [-0.2, -0.15) is 0 Å². The number of benzene rings is 3. The maximum Gasteiger partial charge on any atom is 0.255 e. The molecule has 5 heteroatoms. The number of carbonyl (C=O) groups is 1. The molecule has 5 nitrogen and oxygen atoms in total. The van der Waals surface area contributed by atoms with Gasteiger partial charge in [0.25, 0.3) is 5.91 Å². The fourth-order valence-corrected chi connectivity index (χ4v) is 5.13. The van der Waals surface area contributed by atoms with Crippen molar-refractivity contribution in [1.82, 2.24) is 15.3 Å². The minimum atomic E-state index is -0.132. The predicted molar refractivity (Wildman–Crippen MR) is 170 cm³/mol. The Morgan fingerprint density at radius 2 is 1.60 bits per heavy atom. The molecular formula is C37H32N4O. The number of hydrogen-bond donors (Lipinski definition) is 2. The van der Waals surface area contributed by atoms with Crippen molar-refractivity contribution in [1.29, 1.82) is 0 Å². The Kier molecular flexibility index (Phi) is 8.00. The molecule has 2 N–H and O–H groups in total. The number of anilines is 1. The first-order chi connectivity index (χ1) is 20.6. The molecule has 0 saturated heterocycles. The first kappa shape index (κ1) is 26.9. The lowest BCUT2D eigenvalue weighted by Crippen LogP contribution is -2.30. The largest absolute Gasteiger partial charge is 0.382 e. The van der Waals surface area contributed by atoms with Crippen LogP contribution in [0.5, 0.6) is 0 Å². The van der Waals surface area contributed by atoms with Crippen molar-refractivity contribution < 1.29 is 4.79 Å². The SMILES string of the molecule is Cc1cccnc1CNC1=CC(Cc2ccccc2)=c2cc(-c3ccc(C(=O)Nc4ccccc4)cc3)cnc2=CC1. The highest BCUT2D eigenvalue weighted by molar-refractivity contribution is 6.04. The molecule has 1 amide bonds. The molecule has 42 heavy (non-hydrogen) atoms. The van der Waals surface area contributed by atoms with Gasteiger partial charge < -0.3 is 10.6 Å². The molecule has 2 heterocycles. The maximum atomic E-state index is 12.8. The van der Waals surface area contributed by atoms with Crippen LogP contribution in [-0.4, -0.2) is 15.9 Å². The maximum absolute atomic E-state index is 12.8. The number of pyridine rings is 2. The number of hydrogen-bond acceptors (Lipinski definition) is 4. The molecule has 0 saturated carbocycles. The van der Waals surface area contributed by atoms with Crippen LogP contribution in [0, 0.1) is 6.92 Å². The average Bonchev–Trinajstić information content (AvgIpc) is 3.20. The molecule has 0 spiro atoms. The summed E-state index contributed by atoms with van der Waals surface area (Å²) in [6.07, 6.45) is 9.78. The number of amides is 1. The van der Waals surface area contributed by atoms with Crippen molar-refractivity contribution in [2.75, 3.05) is 5.32 Å². The van der Waals surface area contributed by atoms with Crippen molar-refractivity contribution in [3.63, 3.8) is 0 Å². The molecule has 0 radical (unpaired) electrons. The monoisotopic (exact) mass is 548 g/mol. The molecule has 6 rings (SSSR count). The van der Waals surface area contributed by atoms with Gasteiger partial charge in [-0.15, -0.1) is 0 Å². The van der Waals surface area contributed by atoms with E-state index >= 15 is 0 Å². The number of nitrogens with one attached hydrogen (secondary N) is 2. The molecule has 0 atom stereocenters. The Bertz CT molecular complexity index is 1860. The molecule has 0 fully saturated rings. The van der Waals surface area contributed by atoms with Crippen molar-refractivity contribution in [3.05, 3.63) is 160 Å². The van der Waals surface area contributed by atoms with E-state index in [0.717, 1.165) is 51.6 Å². The van der Waals surface area contributed by atoms with E-state index in [9.17, 15) is 4.79 Å². The Morgan fingerprint density at radius 3 is 2.36 bits per heavy atom. The van der Waals surface area contributed by atoms with Crippen LogP contribution < -0.4 is 21.2 Å². The van der Waals surface area contributed by atoms with Gasteiger partial charge >= 0.3 is 0 Å². The zero-order chi connectivity index (χ0) is 28.7. The third-order valence-electron chi connectivity index (χ3n) is 7.48. The lowest BCUT2D eigenvalue weighted by atomic mass is 10.00. The summed E-state index contributed by atoms with van der Waals surface area (Å²) in [5.74, 6) is -0.132. The van der Waals surface area contributed by atoms with Gasteiger partial charge in [-0.05, 0) is 78.1 Å². The fraction of sp³-hybridized carbons (Fsp3) is 0.108. The number of aryl methyl sites for hydroxylation is 1. The summed E-state index contributed by atoms with van der Waals surface area (Å²) in [6, 6.07) is 34.0. The number of rotatable bonds is 8. The molecule has 0 bridgehead atoms. The van der Waals surface area contributed by atoms with Gasteiger partial charge in [-0.3, -0.25) is 14.8 Å². The summed E-state index contributed by atoms with van der Waals surface area (Å²) in [6.45, 7) is 2.76. The fourth-order valence-electron chi connectivity index (χ4n) is 5.13. The van der Waals surface area contributed by atoms with Crippen LogP contribution >= 0.6 is 0 Å². The highest BCUT2D eigenvalue weighted by Gasteiger charge is 2.11. The number of fused-ring (bicyclic) bond motifs is 1. The zero-order valence-corrected chi connectivity index (χ0v) is 23.5. The van der Waals surface area contributed by atoms with Crippen LogP contribution in [0.3, 0.4) is 0 Å². The van der Waals surface area contributed by atoms with Crippen LogP contribution in [0.15, 0.2) is 127 Å². The molecule has 1 aliphatic rings. The standard InChI is InChI=1S/C37H32N4O/c1-26-9-8-20-38-36(26)25-39-33-18-19-35-34(30(22-33)21-27-10-4-2-5-11-27)23-31(24-40-35)28-14-16-29(17-15-28)37(42)41-32-12-6-3-7-13-32/h2-17,19-20,22-24,39H,18,21,25H2,1H3,(H,41,42). The van der Waals surface area contributed by atoms with Gasteiger partial charge in [0.15, 0.2) is 0 Å². The Balaban J connectivity index is 1.32. The number of aromatic nitrogens is 2. The quantitative estimate of drug-likeness (QED) is 0.251. The van der Waals surface area contributed by atoms with Crippen LogP contribution in [0.1, 0.15) is 33.6 Å². The summed E-state index contributed by atoms with van der Waals surface area (Å²) in [5.41, 5.74) is 9.22. The van der Waals surface area contributed by atoms with Crippen LogP contribution in [-0.2, 0) is 13.0 Å². The smallest absolute Gasteiger partial charge is 0.255 e. The van der Waals surface area contributed by atoms with E-state index in [4.69, 9.17) is 4.98 Å². The summed E-state index contributed by atoms with van der Waals surface area (Å²) >= 11 is 0. The summed E-state index contributed by atoms with van der Waals surface area (Å²) in [7, 11) is 0. The highest BCUT2D eigenvalue weighted by atomic mass is 16.1. The van der Waals surface area contributed by atoms with Crippen molar-refractivity contribution in [3.8, 4) is 11.1 Å². The predicted octanol–water partition coefficient (Wildman–Crippen LogP) is 5.96. The Labute approximate surface area is 246 Å². The molecule has 3 aromatic carbocycles. The second-order valence-electron chi connectivity index (χ2n) is 10.4. The lowest BCUT2D eigenvalue weighted by Gasteiger charge is -2.11. The lowest BCUT2D eigenvalue weighted by molar-refractivity contribution is 0.102. The normalized spacial score (nSPS) is 12.4. The molecule has 0 unspecified atom stereocenters. The first-order valence-electron chi connectivity index (χ1n) is 14.2. The van der Waals surface area contributed by atoms with E-state index in [1.54, 1.807) is 0 Å². The second kappa shape index (κ2) is 12.5. The van der Waals surface area contributed by atoms with Crippen molar-refractivity contribution >= 4 is 23.2 Å². The molecule has 5 aromatic rings.